The van der Waals surface area contributed by atoms with Crippen LogP contribution in [0.25, 0.3) is 0 Å². The van der Waals surface area contributed by atoms with Crippen LogP contribution in [0.2, 0.25) is 0 Å². The highest BCUT2D eigenvalue weighted by Gasteiger charge is 2.21. The highest BCUT2D eigenvalue weighted by atomic mass is 32.1. The maximum atomic E-state index is 12.3. The maximum absolute atomic E-state index is 12.3. The second-order valence-electron chi connectivity index (χ2n) is 5.43. The lowest BCUT2D eigenvalue weighted by atomic mass is 9.90. The molecule has 0 spiro atoms. The number of anilines is 1. The number of carbonyl (C=O) groups excluding carboxylic acids is 1. The molecule has 2 aromatic heterocycles. The molecule has 1 atom stereocenters. The van der Waals surface area contributed by atoms with Crippen LogP contribution in [-0.4, -0.2) is 18.0 Å². The molecule has 1 N–H and O–H groups in total. The molecule has 21 heavy (non-hydrogen) atoms. The number of amides is 1. The summed E-state index contributed by atoms with van der Waals surface area (Å²) in [5.41, 5.74) is 1.35. The molecule has 0 bridgehead atoms. The first-order valence-corrected chi connectivity index (χ1v) is 8.65. The SMILES string of the molecule is COCc1cnc(NC(=O)c2cc3c(s2)CCC(C)C3)s1. The van der Waals surface area contributed by atoms with E-state index in [1.165, 1.54) is 28.2 Å². The number of thiophene rings is 1. The van der Waals surface area contributed by atoms with E-state index in [0.717, 1.165) is 28.5 Å². The number of aryl methyl sites for hydroxylation is 1. The van der Waals surface area contributed by atoms with Crippen molar-refractivity contribution in [1.82, 2.24) is 4.98 Å². The second-order valence-corrected chi connectivity index (χ2v) is 7.68. The normalized spacial score (nSPS) is 17.5. The Morgan fingerprint density at radius 3 is 3.19 bits per heavy atom. The summed E-state index contributed by atoms with van der Waals surface area (Å²) in [6.07, 6.45) is 5.16. The molecule has 1 amide bonds. The summed E-state index contributed by atoms with van der Waals surface area (Å²) >= 11 is 3.07. The number of methoxy groups -OCH3 is 1. The van der Waals surface area contributed by atoms with Crippen molar-refractivity contribution in [3.63, 3.8) is 0 Å². The Morgan fingerprint density at radius 1 is 1.52 bits per heavy atom. The molecule has 0 aliphatic heterocycles. The van der Waals surface area contributed by atoms with E-state index >= 15 is 0 Å². The lowest BCUT2D eigenvalue weighted by Crippen LogP contribution is -2.10. The lowest BCUT2D eigenvalue weighted by Gasteiger charge is -2.16. The van der Waals surface area contributed by atoms with Crippen LogP contribution in [0.5, 0.6) is 0 Å². The van der Waals surface area contributed by atoms with Gasteiger partial charge in [0, 0.05) is 18.2 Å². The van der Waals surface area contributed by atoms with Gasteiger partial charge in [0.15, 0.2) is 5.13 Å². The summed E-state index contributed by atoms with van der Waals surface area (Å²) in [6, 6.07) is 2.05. The molecule has 1 aliphatic carbocycles. The molecule has 6 heteroatoms. The lowest BCUT2D eigenvalue weighted by molar-refractivity contribution is 0.103. The highest BCUT2D eigenvalue weighted by Crippen LogP contribution is 2.32. The van der Waals surface area contributed by atoms with Crippen LogP contribution in [0.4, 0.5) is 5.13 Å². The molecule has 4 nitrogen and oxygen atoms in total. The number of fused-ring (bicyclic) bond motifs is 1. The molecular formula is C15H18N2O2S2. The predicted molar refractivity (Wildman–Crippen MR) is 86.3 cm³/mol. The van der Waals surface area contributed by atoms with Crippen molar-refractivity contribution in [1.29, 1.82) is 0 Å². The Labute approximate surface area is 132 Å². The number of carbonyl (C=O) groups is 1. The standard InChI is InChI=1S/C15H18N2O2S2/c1-9-3-4-12-10(5-9)6-13(21-12)14(18)17-15-16-7-11(20-15)8-19-2/h6-7,9H,3-5,8H2,1-2H3,(H,16,17,18). The molecule has 2 aromatic rings. The third-order valence-corrected chi connectivity index (χ3v) is 5.74. The zero-order valence-electron chi connectivity index (χ0n) is 12.1. The minimum absolute atomic E-state index is 0.0552. The van der Waals surface area contributed by atoms with Crippen LogP contribution < -0.4 is 5.32 Å². The van der Waals surface area contributed by atoms with E-state index in [4.69, 9.17) is 4.74 Å². The van der Waals surface area contributed by atoms with Gasteiger partial charge in [0.25, 0.3) is 5.91 Å². The fourth-order valence-corrected chi connectivity index (χ4v) is 4.43. The van der Waals surface area contributed by atoms with Crippen molar-refractivity contribution >= 4 is 33.7 Å². The van der Waals surface area contributed by atoms with Gasteiger partial charge in [-0.25, -0.2) is 4.98 Å². The number of hydrogen-bond acceptors (Lipinski definition) is 5. The zero-order chi connectivity index (χ0) is 14.8. The summed E-state index contributed by atoms with van der Waals surface area (Å²) in [4.78, 5) is 19.7. The summed E-state index contributed by atoms with van der Waals surface area (Å²) in [5.74, 6) is 0.666. The third-order valence-electron chi connectivity index (χ3n) is 3.61. The Morgan fingerprint density at radius 2 is 2.38 bits per heavy atom. The Bertz CT molecular complexity index is 648. The van der Waals surface area contributed by atoms with Crippen LogP contribution in [0.3, 0.4) is 0 Å². The molecule has 0 saturated carbocycles. The summed E-state index contributed by atoms with van der Waals surface area (Å²) in [7, 11) is 1.65. The molecule has 112 valence electrons. The van der Waals surface area contributed by atoms with Crippen molar-refractivity contribution in [3.05, 3.63) is 32.5 Å². The number of ether oxygens (including phenoxy) is 1. The average molecular weight is 322 g/mol. The molecule has 0 saturated heterocycles. The monoisotopic (exact) mass is 322 g/mol. The molecule has 0 radical (unpaired) electrons. The van der Waals surface area contributed by atoms with Crippen LogP contribution in [0.1, 0.15) is 38.3 Å². The van der Waals surface area contributed by atoms with Gasteiger partial charge in [0.1, 0.15) is 0 Å². The fourth-order valence-electron chi connectivity index (χ4n) is 2.55. The van der Waals surface area contributed by atoms with Crippen molar-refractivity contribution < 1.29 is 9.53 Å². The Hall–Kier alpha value is -1.24. The van der Waals surface area contributed by atoms with Gasteiger partial charge in [-0.05, 0) is 36.8 Å². The van der Waals surface area contributed by atoms with Crippen LogP contribution >= 0.6 is 22.7 Å². The summed E-state index contributed by atoms with van der Waals surface area (Å²) < 4.78 is 5.06. The maximum Gasteiger partial charge on any atom is 0.267 e. The van der Waals surface area contributed by atoms with Gasteiger partial charge in [-0.2, -0.15) is 0 Å². The third kappa shape index (κ3) is 3.33. The van der Waals surface area contributed by atoms with E-state index in [2.05, 4.69) is 23.3 Å². The van der Waals surface area contributed by atoms with Crippen molar-refractivity contribution in [2.75, 3.05) is 12.4 Å². The second kappa shape index (κ2) is 6.25. The van der Waals surface area contributed by atoms with Crippen molar-refractivity contribution in [2.45, 2.75) is 32.8 Å². The number of thiazole rings is 1. The first kappa shape index (κ1) is 14.7. The number of hydrogen-bond donors (Lipinski definition) is 1. The van der Waals surface area contributed by atoms with E-state index in [1.54, 1.807) is 24.6 Å². The van der Waals surface area contributed by atoms with Crippen molar-refractivity contribution in [2.24, 2.45) is 5.92 Å². The molecule has 0 fully saturated rings. The van der Waals surface area contributed by atoms with Gasteiger partial charge in [-0.3, -0.25) is 10.1 Å². The highest BCUT2D eigenvalue weighted by molar-refractivity contribution is 7.16. The number of nitrogens with zero attached hydrogens (tertiary/aromatic N) is 1. The van der Waals surface area contributed by atoms with Gasteiger partial charge in [0.05, 0.1) is 16.4 Å². The largest absolute Gasteiger partial charge is 0.379 e. The van der Waals surface area contributed by atoms with Gasteiger partial charge >= 0.3 is 0 Å². The smallest absolute Gasteiger partial charge is 0.267 e. The molecular weight excluding hydrogens is 304 g/mol. The van der Waals surface area contributed by atoms with Gasteiger partial charge in [-0.1, -0.05) is 18.3 Å². The van der Waals surface area contributed by atoms with Gasteiger partial charge in [-0.15, -0.1) is 11.3 Å². The molecule has 1 unspecified atom stereocenters. The number of rotatable bonds is 4. The zero-order valence-corrected chi connectivity index (χ0v) is 13.8. The van der Waals surface area contributed by atoms with E-state index in [-0.39, 0.29) is 5.91 Å². The number of nitrogens with one attached hydrogen (secondary N) is 1. The minimum atomic E-state index is -0.0552. The van der Waals surface area contributed by atoms with Crippen LogP contribution in [-0.2, 0) is 24.2 Å². The summed E-state index contributed by atoms with van der Waals surface area (Å²) in [5, 5.41) is 3.51. The molecule has 1 aliphatic rings. The minimum Gasteiger partial charge on any atom is -0.379 e. The summed E-state index contributed by atoms with van der Waals surface area (Å²) in [6.45, 7) is 2.80. The fraction of sp³-hybridized carbons (Fsp3) is 0.467. The Balaban J connectivity index is 1.70. The number of aromatic nitrogens is 1. The Kier molecular flexibility index (Phi) is 4.37. The molecule has 0 aromatic carbocycles. The van der Waals surface area contributed by atoms with Crippen LogP contribution in [0, 0.1) is 5.92 Å². The van der Waals surface area contributed by atoms with Crippen molar-refractivity contribution in [3.8, 4) is 0 Å². The first-order chi connectivity index (χ1) is 10.2. The van der Waals surface area contributed by atoms with Gasteiger partial charge < -0.3 is 4.74 Å². The molecule has 2 heterocycles. The van der Waals surface area contributed by atoms with E-state index in [9.17, 15) is 4.79 Å². The van der Waals surface area contributed by atoms with E-state index in [0.29, 0.717) is 11.7 Å². The van der Waals surface area contributed by atoms with Gasteiger partial charge in [0.2, 0.25) is 0 Å². The van der Waals surface area contributed by atoms with E-state index < -0.39 is 0 Å². The van der Waals surface area contributed by atoms with E-state index in [1.807, 2.05) is 0 Å². The van der Waals surface area contributed by atoms with Crippen LogP contribution in [0.15, 0.2) is 12.3 Å². The first-order valence-electron chi connectivity index (χ1n) is 7.02. The molecule has 3 rings (SSSR count). The topological polar surface area (TPSA) is 51.2 Å². The predicted octanol–water partition coefficient (Wildman–Crippen LogP) is 3.73. The average Bonchev–Trinajstić information content (AvgIpc) is 3.05. The quantitative estimate of drug-likeness (QED) is 0.933.